The molecule has 2 nitrogen and oxygen atoms in total. The minimum atomic E-state index is 0.725. The topological polar surface area (TPSA) is 30.0 Å². The number of carbonyl (C=O) groups excluding carboxylic acids is 1. The smallest absolute Gasteiger partial charge is 0.150 e. The molecule has 0 unspecified atom stereocenters. The summed E-state index contributed by atoms with van der Waals surface area (Å²) < 4.78 is 0. The number of aryl methyl sites for hydroxylation is 1. The van der Waals surface area contributed by atoms with Crippen LogP contribution in [-0.4, -0.2) is 11.3 Å². The molecule has 0 saturated heterocycles. The predicted molar refractivity (Wildman–Crippen MR) is 51.9 cm³/mol. The molecule has 64 valence electrons. The van der Waals surface area contributed by atoms with Crippen LogP contribution in [0.25, 0.3) is 10.8 Å². The fourth-order valence-electron chi connectivity index (χ4n) is 1.48. The lowest BCUT2D eigenvalue weighted by molar-refractivity contribution is 0.112. The Labute approximate surface area is 76.2 Å². The average Bonchev–Trinajstić information content (AvgIpc) is 2.18. The van der Waals surface area contributed by atoms with Crippen LogP contribution in [-0.2, 0) is 0 Å². The molecule has 13 heavy (non-hydrogen) atoms. The number of hydrogen-bond donors (Lipinski definition) is 0. The second-order valence-electron chi connectivity index (χ2n) is 2.96. The van der Waals surface area contributed by atoms with Crippen molar-refractivity contribution >= 4 is 17.1 Å². The Morgan fingerprint density at radius 2 is 2.08 bits per heavy atom. The molecule has 1 aromatic carbocycles. The second kappa shape index (κ2) is 2.98. The largest absolute Gasteiger partial charge is 0.298 e. The van der Waals surface area contributed by atoms with Crippen molar-refractivity contribution in [1.29, 1.82) is 0 Å². The van der Waals surface area contributed by atoms with Crippen LogP contribution >= 0.6 is 0 Å². The van der Waals surface area contributed by atoms with E-state index in [1.54, 1.807) is 6.20 Å². The van der Waals surface area contributed by atoms with Crippen molar-refractivity contribution in [2.45, 2.75) is 6.92 Å². The van der Waals surface area contributed by atoms with Gasteiger partial charge in [0.15, 0.2) is 6.29 Å². The molecule has 0 bridgehead atoms. The fourth-order valence-corrected chi connectivity index (χ4v) is 1.48. The fraction of sp³-hybridized carbons (Fsp3) is 0.0909. The van der Waals surface area contributed by atoms with Gasteiger partial charge < -0.3 is 0 Å². The molecule has 0 fully saturated rings. The van der Waals surface area contributed by atoms with E-state index in [4.69, 9.17) is 0 Å². The summed E-state index contributed by atoms with van der Waals surface area (Å²) in [5.41, 5.74) is 1.68. The first-order chi connectivity index (χ1) is 6.33. The second-order valence-corrected chi connectivity index (χ2v) is 2.96. The van der Waals surface area contributed by atoms with Crippen LogP contribution in [0.3, 0.4) is 0 Å². The Balaban J connectivity index is 2.92. The molecule has 0 spiro atoms. The standard InChI is InChI=1S/C11H9NO/c1-8-10-4-2-3-9(7-13)11(10)5-6-12-8/h2-7H,1H3. The van der Waals surface area contributed by atoms with Crippen molar-refractivity contribution in [2.24, 2.45) is 0 Å². The summed E-state index contributed by atoms with van der Waals surface area (Å²) in [7, 11) is 0. The van der Waals surface area contributed by atoms with Crippen molar-refractivity contribution in [3.8, 4) is 0 Å². The molecular weight excluding hydrogens is 162 g/mol. The molecule has 0 amide bonds. The molecule has 1 heterocycles. The van der Waals surface area contributed by atoms with E-state index in [0.29, 0.717) is 0 Å². The van der Waals surface area contributed by atoms with Gasteiger partial charge in [0.2, 0.25) is 0 Å². The quantitative estimate of drug-likeness (QED) is 0.616. The molecule has 0 saturated carbocycles. The number of hydrogen-bond acceptors (Lipinski definition) is 2. The monoisotopic (exact) mass is 171 g/mol. The van der Waals surface area contributed by atoms with Crippen molar-refractivity contribution in [3.63, 3.8) is 0 Å². The number of nitrogens with zero attached hydrogens (tertiary/aromatic N) is 1. The molecule has 0 atom stereocenters. The predicted octanol–water partition coefficient (Wildman–Crippen LogP) is 2.36. The van der Waals surface area contributed by atoms with Crippen molar-refractivity contribution in [1.82, 2.24) is 4.98 Å². The van der Waals surface area contributed by atoms with Crippen LogP contribution in [0, 0.1) is 6.92 Å². The minimum Gasteiger partial charge on any atom is -0.298 e. The zero-order valence-electron chi connectivity index (χ0n) is 7.32. The van der Waals surface area contributed by atoms with Gasteiger partial charge in [0, 0.05) is 22.8 Å². The number of carbonyl (C=O) groups is 1. The Morgan fingerprint density at radius 3 is 2.85 bits per heavy atom. The molecule has 2 rings (SSSR count). The molecule has 2 aromatic rings. The van der Waals surface area contributed by atoms with E-state index in [2.05, 4.69) is 4.98 Å². The van der Waals surface area contributed by atoms with E-state index < -0.39 is 0 Å². The highest BCUT2D eigenvalue weighted by atomic mass is 16.1. The van der Waals surface area contributed by atoms with Gasteiger partial charge in [-0.25, -0.2) is 0 Å². The van der Waals surface area contributed by atoms with E-state index >= 15 is 0 Å². The van der Waals surface area contributed by atoms with E-state index in [0.717, 1.165) is 28.3 Å². The van der Waals surface area contributed by atoms with Crippen molar-refractivity contribution < 1.29 is 4.79 Å². The summed E-state index contributed by atoms with van der Waals surface area (Å²) in [6.07, 6.45) is 2.60. The van der Waals surface area contributed by atoms with E-state index in [1.165, 1.54) is 0 Å². The lowest BCUT2D eigenvalue weighted by Crippen LogP contribution is -1.87. The summed E-state index contributed by atoms with van der Waals surface area (Å²) in [6.45, 7) is 1.94. The summed E-state index contributed by atoms with van der Waals surface area (Å²) >= 11 is 0. The Kier molecular flexibility index (Phi) is 1.81. The van der Waals surface area contributed by atoms with E-state index in [9.17, 15) is 4.79 Å². The van der Waals surface area contributed by atoms with Crippen LogP contribution in [0.2, 0.25) is 0 Å². The average molecular weight is 171 g/mol. The third kappa shape index (κ3) is 1.20. The van der Waals surface area contributed by atoms with Crippen LogP contribution in [0.1, 0.15) is 16.1 Å². The summed E-state index contributed by atoms with van der Waals surface area (Å²) in [5, 5.41) is 2.03. The molecule has 0 aliphatic rings. The van der Waals surface area contributed by atoms with Gasteiger partial charge in [0.1, 0.15) is 0 Å². The molecule has 1 aromatic heterocycles. The van der Waals surface area contributed by atoms with Gasteiger partial charge in [-0.05, 0) is 18.4 Å². The van der Waals surface area contributed by atoms with Gasteiger partial charge in [0.25, 0.3) is 0 Å². The minimum absolute atomic E-state index is 0.725. The van der Waals surface area contributed by atoms with Crippen LogP contribution in [0.5, 0.6) is 0 Å². The Morgan fingerprint density at radius 1 is 1.23 bits per heavy atom. The van der Waals surface area contributed by atoms with Gasteiger partial charge in [-0.1, -0.05) is 18.2 Å². The number of fused-ring (bicyclic) bond motifs is 1. The molecule has 0 aliphatic carbocycles. The van der Waals surface area contributed by atoms with Crippen LogP contribution < -0.4 is 0 Å². The van der Waals surface area contributed by atoms with Gasteiger partial charge in [-0.15, -0.1) is 0 Å². The molecular formula is C11H9NO. The Hall–Kier alpha value is -1.70. The molecule has 0 radical (unpaired) electrons. The number of aldehydes is 1. The van der Waals surface area contributed by atoms with Crippen LogP contribution in [0.15, 0.2) is 30.5 Å². The lowest BCUT2D eigenvalue weighted by Gasteiger charge is -2.01. The van der Waals surface area contributed by atoms with Gasteiger partial charge in [-0.3, -0.25) is 9.78 Å². The molecule has 2 heteroatoms. The number of benzene rings is 1. The van der Waals surface area contributed by atoms with E-state index in [-0.39, 0.29) is 0 Å². The summed E-state index contributed by atoms with van der Waals surface area (Å²) in [6, 6.07) is 7.53. The normalized spacial score (nSPS) is 10.2. The molecule has 0 aliphatic heterocycles. The third-order valence-electron chi connectivity index (χ3n) is 2.17. The number of pyridine rings is 1. The highest BCUT2D eigenvalue weighted by Crippen LogP contribution is 2.18. The first-order valence-corrected chi connectivity index (χ1v) is 4.12. The van der Waals surface area contributed by atoms with Crippen molar-refractivity contribution in [2.75, 3.05) is 0 Å². The van der Waals surface area contributed by atoms with E-state index in [1.807, 2.05) is 31.2 Å². The maximum atomic E-state index is 10.7. The van der Waals surface area contributed by atoms with Gasteiger partial charge in [-0.2, -0.15) is 0 Å². The maximum absolute atomic E-state index is 10.7. The summed E-state index contributed by atoms with van der Waals surface area (Å²) in [4.78, 5) is 14.9. The number of rotatable bonds is 1. The summed E-state index contributed by atoms with van der Waals surface area (Å²) in [5.74, 6) is 0. The molecule has 0 N–H and O–H groups in total. The van der Waals surface area contributed by atoms with Gasteiger partial charge in [0.05, 0.1) is 0 Å². The Bertz CT molecular complexity index is 463. The van der Waals surface area contributed by atoms with Crippen LogP contribution in [0.4, 0.5) is 0 Å². The zero-order chi connectivity index (χ0) is 9.26. The number of aromatic nitrogens is 1. The lowest BCUT2D eigenvalue weighted by atomic mass is 10.1. The zero-order valence-corrected chi connectivity index (χ0v) is 7.32. The SMILES string of the molecule is Cc1nccc2c(C=O)cccc12. The third-order valence-corrected chi connectivity index (χ3v) is 2.17. The maximum Gasteiger partial charge on any atom is 0.150 e. The highest BCUT2D eigenvalue weighted by molar-refractivity contribution is 5.98. The first kappa shape index (κ1) is 7.92. The first-order valence-electron chi connectivity index (χ1n) is 4.12. The highest BCUT2D eigenvalue weighted by Gasteiger charge is 2.00. The van der Waals surface area contributed by atoms with Gasteiger partial charge >= 0.3 is 0 Å². The van der Waals surface area contributed by atoms with Crippen molar-refractivity contribution in [3.05, 3.63) is 41.7 Å².